The topological polar surface area (TPSA) is 188 Å². The zero-order chi connectivity index (χ0) is 38.1. The average Bonchev–Trinajstić information content (AvgIpc) is 3.94. The molecule has 2 aliphatic heterocycles. The molecule has 6 heterocycles. The molecule has 4 aromatic heterocycles. The summed E-state index contributed by atoms with van der Waals surface area (Å²) in [7, 11) is 0. The Morgan fingerprint density at radius 3 is 2.56 bits per heavy atom. The van der Waals surface area contributed by atoms with Crippen molar-refractivity contribution in [2.24, 2.45) is 5.92 Å². The summed E-state index contributed by atoms with van der Waals surface area (Å²) in [4.78, 5) is 34.1. The molecule has 0 unspecified atom stereocenters. The third-order valence-electron chi connectivity index (χ3n) is 10.4. The Hall–Kier alpha value is -6.51. The van der Waals surface area contributed by atoms with Crippen LogP contribution in [0.1, 0.15) is 52.2 Å². The molecule has 0 bridgehead atoms. The highest BCUT2D eigenvalue weighted by atomic mass is 16.4. The van der Waals surface area contributed by atoms with Crippen LogP contribution in [0.4, 0.5) is 11.5 Å². The number of nitriles is 2. The van der Waals surface area contributed by atoms with E-state index in [1.807, 2.05) is 48.4 Å². The van der Waals surface area contributed by atoms with Gasteiger partial charge in [-0.3, -0.25) is 24.6 Å². The molecule has 13 nitrogen and oxygen atoms in total. The summed E-state index contributed by atoms with van der Waals surface area (Å²) >= 11 is 0. The van der Waals surface area contributed by atoms with Gasteiger partial charge in [0.2, 0.25) is 5.89 Å². The molecule has 2 aromatic carbocycles. The monoisotopic (exact) mass is 731 g/mol. The molecule has 13 heteroatoms. The number of carboxylic acids is 1. The summed E-state index contributed by atoms with van der Waals surface area (Å²) < 4.78 is 6.04. The number of aliphatic hydroxyl groups excluding tert-OH is 1. The standard InChI is InChI=1S/C42H37N9O4/c1-25-31(3-2-4-35(25)49-41-39-28(9-13-46-41)17-26(20-47-39)21-50-16-12-30(52)23-50)32-10-14-45-36(34(32)19-44)7-5-27-6-8-37-40(33(27)18-43)55-38(48-37)24-51-15-11-29(22-51)42(53)54/h2-10,13-14,17,20,29-30,52H,11-12,15-16,21-24H2,1H3,(H,46,49)(H,53,54)/b7-5+/t29-,30-/m1/s1. The number of nitrogens with zero attached hydrogens (tertiary/aromatic N) is 8. The molecule has 0 aliphatic carbocycles. The predicted molar refractivity (Wildman–Crippen MR) is 207 cm³/mol. The number of fused-ring (bicyclic) bond motifs is 2. The number of carboxylic acid groups (broad SMARTS) is 1. The fourth-order valence-corrected chi connectivity index (χ4v) is 7.55. The fraction of sp³-hybridized carbons (Fsp3) is 0.262. The number of hydrogen-bond acceptors (Lipinski definition) is 12. The van der Waals surface area contributed by atoms with Gasteiger partial charge in [0.05, 0.1) is 29.8 Å². The van der Waals surface area contributed by atoms with E-state index in [1.54, 1.807) is 36.7 Å². The Balaban J connectivity index is 1.04. The van der Waals surface area contributed by atoms with E-state index >= 15 is 0 Å². The summed E-state index contributed by atoms with van der Waals surface area (Å²) in [6, 6.07) is 19.9. The molecule has 0 radical (unpaired) electrons. The molecule has 2 atom stereocenters. The van der Waals surface area contributed by atoms with Crippen LogP contribution < -0.4 is 5.32 Å². The lowest BCUT2D eigenvalue weighted by molar-refractivity contribution is -0.141. The Kier molecular flexibility index (Phi) is 9.74. The fourth-order valence-electron chi connectivity index (χ4n) is 7.55. The molecule has 0 saturated carbocycles. The molecule has 3 N–H and O–H groups in total. The number of likely N-dealkylation sites (tertiary alicyclic amines) is 2. The second kappa shape index (κ2) is 15.1. The van der Waals surface area contributed by atoms with E-state index in [0.29, 0.717) is 83.4 Å². The van der Waals surface area contributed by atoms with Crippen LogP contribution in [0.15, 0.2) is 71.5 Å². The lowest BCUT2D eigenvalue weighted by atomic mass is 9.94. The number of nitrogens with one attached hydrogen (secondary N) is 1. The third-order valence-corrected chi connectivity index (χ3v) is 10.4. The highest BCUT2D eigenvalue weighted by Crippen LogP contribution is 2.35. The van der Waals surface area contributed by atoms with Crippen molar-refractivity contribution in [3.8, 4) is 23.3 Å². The molecular weight excluding hydrogens is 695 g/mol. The minimum absolute atomic E-state index is 0.273. The van der Waals surface area contributed by atoms with Crippen LogP contribution in [-0.2, 0) is 17.9 Å². The van der Waals surface area contributed by atoms with Crippen LogP contribution in [0, 0.1) is 35.5 Å². The second-order valence-electron chi connectivity index (χ2n) is 14.1. The number of aromatic nitrogens is 4. The Morgan fingerprint density at radius 2 is 1.78 bits per heavy atom. The van der Waals surface area contributed by atoms with Crippen LogP contribution in [0.5, 0.6) is 0 Å². The van der Waals surface area contributed by atoms with Gasteiger partial charge in [0, 0.05) is 61.4 Å². The van der Waals surface area contributed by atoms with Crippen molar-refractivity contribution >= 4 is 51.6 Å². The van der Waals surface area contributed by atoms with E-state index < -0.39 is 11.9 Å². The first-order chi connectivity index (χ1) is 26.8. The van der Waals surface area contributed by atoms with Crippen molar-refractivity contribution in [2.75, 3.05) is 31.5 Å². The number of aliphatic carboxylic acids is 1. The highest BCUT2D eigenvalue weighted by Gasteiger charge is 2.29. The Labute approximate surface area is 316 Å². The average molecular weight is 732 g/mol. The van der Waals surface area contributed by atoms with Crippen molar-refractivity contribution < 1.29 is 19.4 Å². The smallest absolute Gasteiger partial charge is 0.307 e. The minimum Gasteiger partial charge on any atom is -0.481 e. The quantitative estimate of drug-likeness (QED) is 0.143. The molecule has 2 aliphatic rings. The molecule has 2 fully saturated rings. The van der Waals surface area contributed by atoms with Crippen molar-refractivity contribution in [3.05, 3.63) is 107 Å². The molecule has 0 spiro atoms. The predicted octanol–water partition coefficient (Wildman–Crippen LogP) is 6.27. The Bertz CT molecular complexity index is 2570. The van der Waals surface area contributed by atoms with Crippen molar-refractivity contribution in [2.45, 2.75) is 39.0 Å². The van der Waals surface area contributed by atoms with Crippen molar-refractivity contribution in [1.29, 1.82) is 10.5 Å². The molecule has 6 aromatic rings. The van der Waals surface area contributed by atoms with E-state index in [9.17, 15) is 25.5 Å². The van der Waals surface area contributed by atoms with Gasteiger partial charge < -0.3 is 19.9 Å². The van der Waals surface area contributed by atoms with Gasteiger partial charge in [-0.05, 0) is 85.0 Å². The largest absolute Gasteiger partial charge is 0.481 e. The number of β-amino-alcohol motifs (C(OH)–C–C–N with tert-alkyl or cyclic N) is 1. The molecular formula is C42H37N9O4. The lowest BCUT2D eigenvalue weighted by Gasteiger charge is -2.16. The van der Waals surface area contributed by atoms with Gasteiger partial charge in [0.1, 0.15) is 28.7 Å². The lowest BCUT2D eigenvalue weighted by Crippen LogP contribution is -2.22. The van der Waals surface area contributed by atoms with Crippen LogP contribution in [0.25, 0.3) is 45.3 Å². The summed E-state index contributed by atoms with van der Waals surface area (Å²) in [6.45, 7) is 5.67. The highest BCUT2D eigenvalue weighted by molar-refractivity contribution is 5.92. The summed E-state index contributed by atoms with van der Waals surface area (Å²) in [5, 5.41) is 44.3. The van der Waals surface area contributed by atoms with Crippen LogP contribution in [0.3, 0.4) is 0 Å². The molecule has 274 valence electrons. The summed E-state index contributed by atoms with van der Waals surface area (Å²) in [5.74, 6) is -0.176. The maximum Gasteiger partial charge on any atom is 0.307 e. The van der Waals surface area contributed by atoms with Crippen molar-refractivity contribution in [3.63, 3.8) is 0 Å². The minimum atomic E-state index is -0.804. The van der Waals surface area contributed by atoms with E-state index in [2.05, 4.69) is 43.4 Å². The van der Waals surface area contributed by atoms with Gasteiger partial charge in [0.15, 0.2) is 11.4 Å². The van der Waals surface area contributed by atoms with Crippen molar-refractivity contribution in [1.82, 2.24) is 29.7 Å². The first kappa shape index (κ1) is 35.5. The summed E-state index contributed by atoms with van der Waals surface area (Å²) in [5.41, 5.74) is 7.72. The first-order valence-corrected chi connectivity index (χ1v) is 18.1. The van der Waals surface area contributed by atoms with Crippen LogP contribution >= 0.6 is 0 Å². The number of pyridine rings is 3. The van der Waals surface area contributed by atoms with E-state index in [0.717, 1.165) is 52.8 Å². The van der Waals surface area contributed by atoms with Crippen LogP contribution in [0.2, 0.25) is 0 Å². The third kappa shape index (κ3) is 7.24. The molecule has 0 amide bonds. The number of rotatable bonds is 10. The van der Waals surface area contributed by atoms with Gasteiger partial charge in [0.25, 0.3) is 0 Å². The van der Waals surface area contributed by atoms with Gasteiger partial charge in [-0.25, -0.2) is 9.97 Å². The number of benzene rings is 2. The number of anilines is 2. The van der Waals surface area contributed by atoms with E-state index in [1.165, 1.54) is 0 Å². The maximum atomic E-state index is 11.4. The maximum absolute atomic E-state index is 11.4. The number of carbonyl (C=O) groups is 1. The van der Waals surface area contributed by atoms with Gasteiger partial charge in [-0.2, -0.15) is 10.5 Å². The number of aliphatic hydroxyl groups is 1. The second-order valence-corrected chi connectivity index (χ2v) is 14.1. The normalized spacial score (nSPS) is 17.6. The SMILES string of the molecule is Cc1c(Nc2nccc3cc(CN4CC[C@@H](O)C4)cnc23)cccc1-c1ccnc(/C=C/c2ccc3nc(CN4CC[C@@H](C(=O)O)C4)oc3c2C#N)c1C#N. The zero-order valence-corrected chi connectivity index (χ0v) is 30.1. The van der Waals surface area contributed by atoms with Gasteiger partial charge in [-0.1, -0.05) is 24.3 Å². The van der Waals surface area contributed by atoms with Gasteiger partial charge in [-0.15, -0.1) is 0 Å². The van der Waals surface area contributed by atoms with Gasteiger partial charge >= 0.3 is 5.97 Å². The first-order valence-electron chi connectivity index (χ1n) is 18.1. The molecule has 55 heavy (non-hydrogen) atoms. The zero-order valence-electron chi connectivity index (χ0n) is 30.1. The summed E-state index contributed by atoms with van der Waals surface area (Å²) in [6.07, 6.45) is 9.84. The van der Waals surface area contributed by atoms with E-state index in [-0.39, 0.29) is 6.10 Å². The number of hydrogen-bond donors (Lipinski definition) is 3. The molecule has 2 saturated heterocycles. The number of oxazole rings is 1. The van der Waals surface area contributed by atoms with E-state index in [4.69, 9.17) is 9.40 Å². The Morgan fingerprint density at radius 1 is 0.964 bits per heavy atom. The molecule has 8 rings (SSSR count). The van der Waals surface area contributed by atoms with Crippen LogP contribution in [-0.4, -0.2) is 78.2 Å².